The van der Waals surface area contributed by atoms with Gasteiger partial charge in [0.1, 0.15) is 10.6 Å². The molecule has 1 saturated heterocycles. The second kappa shape index (κ2) is 8.44. The van der Waals surface area contributed by atoms with Gasteiger partial charge in [0.05, 0.1) is 11.9 Å². The van der Waals surface area contributed by atoms with E-state index in [4.69, 9.17) is 9.47 Å². The monoisotopic (exact) mass is 393 g/mol. The van der Waals surface area contributed by atoms with Crippen molar-refractivity contribution in [3.05, 3.63) is 36.0 Å². The minimum atomic E-state index is -0.625. The second-order valence-corrected chi connectivity index (χ2v) is 9.04. The van der Waals surface area contributed by atoms with E-state index in [0.717, 1.165) is 25.0 Å². The van der Waals surface area contributed by atoms with Crippen LogP contribution in [-0.2, 0) is 4.74 Å². The van der Waals surface area contributed by atoms with Crippen molar-refractivity contribution in [2.45, 2.75) is 71.4 Å². The molecule has 0 aromatic carbocycles. The molecule has 1 aliphatic heterocycles. The predicted octanol–water partition coefficient (Wildman–Crippen LogP) is 4.31. The fraction of sp³-hybridized carbons (Fsp3) is 0.600. The lowest BCUT2D eigenvalue weighted by molar-refractivity contribution is -0.143. The molecule has 7 heteroatoms. The molecule has 1 aliphatic rings. The Morgan fingerprint density at radius 1 is 1.48 bits per heavy atom. The van der Waals surface area contributed by atoms with Crippen LogP contribution in [-0.4, -0.2) is 39.9 Å². The van der Waals surface area contributed by atoms with Gasteiger partial charge in [-0.2, -0.15) is 0 Å². The highest BCUT2D eigenvalue weighted by Gasteiger charge is 2.48. The number of hydrogen-bond acceptors (Lipinski definition) is 6. The van der Waals surface area contributed by atoms with Gasteiger partial charge in [0, 0.05) is 12.1 Å². The number of thiazole rings is 1. The van der Waals surface area contributed by atoms with Gasteiger partial charge in [-0.05, 0) is 53.9 Å². The van der Waals surface area contributed by atoms with Gasteiger partial charge in [-0.15, -0.1) is 6.58 Å². The molecule has 0 aliphatic carbocycles. The highest BCUT2D eigenvalue weighted by Crippen LogP contribution is 2.40. The first-order valence-corrected chi connectivity index (χ1v) is 10.1. The summed E-state index contributed by atoms with van der Waals surface area (Å²) < 4.78 is 11.9. The summed E-state index contributed by atoms with van der Waals surface area (Å²) in [6, 6.07) is 0. The molecule has 1 atom stereocenters. The van der Waals surface area contributed by atoms with E-state index in [1.54, 1.807) is 0 Å². The number of carbonyl (C=O) groups excluding carboxylic acids is 1. The Morgan fingerprint density at radius 2 is 2.19 bits per heavy atom. The summed E-state index contributed by atoms with van der Waals surface area (Å²) in [5.41, 5.74) is 0.0529. The zero-order valence-electron chi connectivity index (χ0n) is 17.0. The minimum absolute atomic E-state index is 0.135. The molecule has 0 radical (unpaired) electrons. The van der Waals surface area contributed by atoms with Crippen molar-refractivity contribution in [2.24, 2.45) is 0 Å². The van der Waals surface area contributed by atoms with Gasteiger partial charge in [-0.1, -0.05) is 24.0 Å². The van der Waals surface area contributed by atoms with Crippen LogP contribution >= 0.6 is 11.3 Å². The standard InChI is InChI=1S/C20H31N3O3S/c1-8-9-10-11-12-21-16(24)15-13-22-18(27-15)25-17-14(2)23(19(3,4)5)20(6,7)26-17/h8,13,17H,1-2,9-12H2,3-7H3,(H,21,24). The molecule has 1 aromatic heterocycles. The number of nitrogens with one attached hydrogen (secondary N) is 1. The molecular weight excluding hydrogens is 362 g/mol. The number of ether oxygens (including phenoxy) is 2. The zero-order chi connectivity index (χ0) is 20.2. The molecule has 0 saturated carbocycles. The van der Waals surface area contributed by atoms with Crippen LogP contribution in [0, 0.1) is 0 Å². The van der Waals surface area contributed by atoms with Crippen LogP contribution in [0.15, 0.2) is 31.1 Å². The highest BCUT2D eigenvalue weighted by atomic mass is 32.1. The van der Waals surface area contributed by atoms with Gasteiger partial charge in [-0.25, -0.2) is 4.98 Å². The van der Waals surface area contributed by atoms with Gasteiger partial charge in [0.15, 0.2) is 0 Å². The molecule has 0 spiro atoms. The van der Waals surface area contributed by atoms with Crippen molar-refractivity contribution in [2.75, 3.05) is 6.54 Å². The van der Waals surface area contributed by atoms with E-state index in [9.17, 15) is 4.79 Å². The summed E-state index contributed by atoms with van der Waals surface area (Å²) >= 11 is 1.21. The Hall–Kier alpha value is -1.86. The van der Waals surface area contributed by atoms with Gasteiger partial charge in [-0.3, -0.25) is 4.79 Å². The van der Waals surface area contributed by atoms with Crippen LogP contribution in [0.3, 0.4) is 0 Å². The van der Waals surface area contributed by atoms with E-state index in [1.807, 2.05) is 19.9 Å². The fourth-order valence-electron chi connectivity index (χ4n) is 3.38. The zero-order valence-corrected chi connectivity index (χ0v) is 17.8. The summed E-state index contributed by atoms with van der Waals surface area (Å²) in [7, 11) is 0. The molecule has 2 rings (SSSR count). The quantitative estimate of drug-likeness (QED) is 0.526. The lowest BCUT2D eigenvalue weighted by Gasteiger charge is -2.42. The van der Waals surface area contributed by atoms with Crippen LogP contribution in [0.1, 0.15) is 63.6 Å². The number of nitrogens with zero attached hydrogens (tertiary/aromatic N) is 2. The van der Waals surface area contributed by atoms with Crippen molar-refractivity contribution in [1.82, 2.24) is 15.2 Å². The molecule has 1 N–H and O–H groups in total. The first-order chi connectivity index (χ1) is 12.6. The molecule has 1 aromatic rings. The topological polar surface area (TPSA) is 63.7 Å². The van der Waals surface area contributed by atoms with E-state index in [1.165, 1.54) is 17.5 Å². The maximum atomic E-state index is 12.2. The molecule has 27 heavy (non-hydrogen) atoms. The van der Waals surface area contributed by atoms with Crippen molar-refractivity contribution in [3.8, 4) is 5.19 Å². The van der Waals surface area contributed by atoms with Crippen molar-refractivity contribution in [3.63, 3.8) is 0 Å². The van der Waals surface area contributed by atoms with Crippen LogP contribution in [0.5, 0.6) is 5.19 Å². The Balaban J connectivity index is 1.95. The minimum Gasteiger partial charge on any atom is -0.434 e. The van der Waals surface area contributed by atoms with Crippen molar-refractivity contribution in [1.29, 1.82) is 0 Å². The maximum Gasteiger partial charge on any atom is 0.276 e. The number of amides is 1. The summed E-state index contributed by atoms with van der Waals surface area (Å²) in [4.78, 5) is 19.0. The molecule has 1 amide bonds. The second-order valence-electron chi connectivity index (χ2n) is 8.04. The van der Waals surface area contributed by atoms with Gasteiger partial charge < -0.3 is 19.7 Å². The molecule has 150 valence electrons. The fourth-order valence-corrected chi connectivity index (χ4v) is 4.08. The van der Waals surface area contributed by atoms with E-state index in [0.29, 0.717) is 16.6 Å². The molecular formula is C20H31N3O3S. The third-order valence-electron chi connectivity index (χ3n) is 4.20. The number of aromatic nitrogens is 1. The van der Waals surface area contributed by atoms with Gasteiger partial charge >= 0.3 is 0 Å². The normalized spacial score (nSPS) is 19.2. The third-order valence-corrected chi connectivity index (χ3v) is 5.09. The number of unbranched alkanes of at least 4 members (excludes halogenated alkanes) is 2. The van der Waals surface area contributed by atoms with Crippen LogP contribution in [0.2, 0.25) is 0 Å². The molecule has 2 heterocycles. The number of allylic oxidation sites excluding steroid dienone is 1. The van der Waals surface area contributed by atoms with Gasteiger partial charge in [0.2, 0.25) is 6.29 Å². The number of hydrogen-bond donors (Lipinski definition) is 1. The molecule has 0 bridgehead atoms. The lowest BCUT2D eigenvalue weighted by Crippen LogP contribution is -2.49. The SMILES string of the molecule is C=CCCCCNC(=O)c1cnc(OC2OC(C)(C)N(C(C)(C)C)C2=C)s1. The average molecular weight is 394 g/mol. The van der Waals surface area contributed by atoms with E-state index in [-0.39, 0.29) is 11.4 Å². The van der Waals surface area contributed by atoms with E-state index < -0.39 is 12.0 Å². The predicted molar refractivity (Wildman–Crippen MR) is 109 cm³/mol. The summed E-state index contributed by atoms with van der Waals surface area (Å²) in [5.74, 6) is -0.135. The smallest absolute Gasteiger partial charge is 0.276 e. The summed E-state index contributed by atoms with van der Waals surface area (Å²) in [6.45, 7) is 18.8. The Kier molecular flexibility index (Phi) is 6.70. The average Bonchev–Trinajstić information content (AvgIpc) is 3.09. The Morgan fingerprint density at radius 3 is 2.78 bits per heavy atom. The van der Waals surface area contributed by atoms with Gasteiger partial charge in [0.25, 0.3) is 11.1 Å². The molecule has 6 nitrogen and oxygen atoms in total. The van der Waals surface area contributed by atoms with E-state index in [2.05, 4.69) is 49.1 Å². The molecule has 1 fully saturated rings. The summed E-state index contributed by atoms with van der Waals surface area (Å²) in [5, 5.41) is 3.29. The first-order valence-electron chi connectivity index (χ1n) is 9.25. The number of carbonyl (C=O) groups is 1. The van der Waals surface area contributed by atoms with E-state index >= 15 is 0 Å². The molecule has 1 unspecified atom stereocenters. The highest BCUT2D eigenvalue weighted by molar-refractivity contribution is 7.15. The lowest BCUT2D eigenvalue weighted by atomic mass is 10.0. The Labute approximate surface area is 166 Å². The largest absolute Gasteiger partial charge is 0.434 e. The maximum absolute atomic E-state index is 12.2. The summed E-state index contributed by atoms with van der Waals surface area (Å²) in [6.07, 6.45) is 5.69. The Bertz CT molecular complexity index is 691. The van der Waals surface area contributed by atoms with Crippen LogP contribution in [0.25, 0.3) is 0 Å². The van der Waals surface area contributed by atoms with Crippen LogP contribution < -0.4 is 10.1 Å². The first kappa shape index (κ1) is 21.4. The van der Waals surface area contributed by atoms with Crippen LogP contribution in [0.4, 0.5) is 0 Å². The third kappa shape index (κ3) is 5.32. The number of rotatable bonds is 8. The van der Waals surface area contributed by atoms with Crippen molar-refractivity contribution >= 4 is 17.2 Å². The van der Waals surface area contributed by atoms with Crippen molar-refractivity contribution < 1.29 is 14.3 Å².